The molecule has 1 saturated heterocycles. The molecule has 0 amide bonds. The van der Waals surface area contributed by atoms with Gasteiger partial charge in [0.25, 0.3) is 0 Å². The van der Waals surface area contributed by atoms with Crippen molar-refractivity contribution in [3.05, 3.63) is 58.9 Å². The summed E-state index contributed by atoms with van der Waals surface area (Å²) in [5.74, 6) is -5.66. The number of ether oxygens (including phenoxy) is 1. The van der Waals surface area contributed by atoms with E-state index < -0.39 is 34.6 Å². The van der Waals surface area contributed by atoms with Gasteiger partial charge in [-0.3, -0.25) is 9.59 Å². The van der Waals surface area contributed by atoms with Crippen LogP contribution >= 0.6 is 0 Å². The molecule has 31 heavy (non-hydrogen) atoms. The summed E-state index contributed by atoms with van der Waals surface area (Å²) in [5, 5.41) is 0. The van der Waals surface area contributed by atoms with Crippen LogP contribution in [0, 0.1) is 17.5 Å². The van der Waals surface area contributed by atoms with Gasteiger partial charge < -0.3 is 4.74 Å². The summed E-state index contributed by atoms with van der Waals surface area (Å²) in [6.07, 6.45) is 1.31. The van der Waals surface area contributed by atoms with Gasteiger partial charge in [0.15, 0.2) is 29.0 Å². The van der Waals surface area contributed by atoms with E-state index in [4.69, 9.17) is 4.74 Å². The number of rotatable bonds is 5. The van der Waals surface area contributed by atoms with Crippen molar-refractivity contribution in [2.45, 2.75) is 71.0 Å². The number of carbonyl (C=O) groups excluding carboxylic acids is 2. The number of carbonyl (C=O) groups is 2. The standard InChI is InChI=1S/C25H27F3O3/c1-6-14-13-15(17-11-12-18(26)21(28)20(17)27)9-10-16(14)19-22(29)24(4,7-2)31-25(5,8-3)23(19)30/h9-13,19H,6-8H2,1-5H3. The minimum atomic E-state index is -1.54. The third kappa shape index (κ3) is 3.71. The van der Waals surface area contributed by atoms with E-state index >= 15 is 0 Å². The highest BCUT2D eigenvalue weighted by atomic mass is 19.2. The maximum atomic E-state index is 14.3. The molecule has 1 aliphatic heterocycles. The second-order valence-corrected chi connectivity index (χ2v) is 8.42. The van der Waals surface area contributed by atoms with Gasteiger partial charge in [-0.2, -0.15) is 0 Å². The van der Waals surface area contributed by atoms with Gasteiger partial charge in [-0.15, -0.1) is 0 Å². The Balaban J connectivity index is 2.15. The molecule has 1 heterocycles. The number of ketones is 2. The lowest BCUT2D eigenvalue weighted by atomic mass is 9.71. The van der Waals surface area contributed by atoms with Crippen LogP contribution in [0.5, 0.6) is 0 Å². The van der Waals surface area contributed by atoms with E-state index in [0.29, 0.717) is 36.0 Å². The van der Waals surface area contributed by atoms with Gasteiger partial charge in [0.1, 0.15) is 17.1 Å². The Hall–Kier alpha value is -2.47. The summed E-state index contributed by atoms with van der Waals surface area (Å²) in [6, 6.07) is 6.83. The molecule has 0 bridgehead atoms. The van der Waals surface area contributed by atoms with Crippen LogP contribution < -0.4 is 0 Å². The number of halogens is 3. The van der Waals surface area contributed by atoms with E-state index in [1.807, 2.05) is 20.8 Å². The first-order chi connectivity index (χ1) is 14.5. The molecule has 1 aliphatic rings. The number of benzene rings is 2. The van der Waals surface area contributed by atoms with Crippen molar-refractivity contribution < 1.29 is 27.5 Å². The van der Waals surface area contributed by atoms with Crippen molar-refractivity contribution in [3.8, 4) is 11.1 Å². The summed E-state index contributed by atoms with van der Waals surface area (Å²) in [4.78, 5) is 26.7. The van der Waals surface area contributed by atoms with Crippen molar-refractivity contribution in [1.29, 1.82) is 0 Å². The van der Waals surface area contributed by atoms with Crippen LogP contribution in [-0.2, 0) is 20.7 Å². The third-order valence-corrected chi connectivity index (χ3v) is 6.55. The number of aryl methyl sites for hydroxylation is 1. The van der Waals surface area contributed by atoms with E-state index in [2.05, 4.69) is 0 Å². The first-order valence-corrected chi connectivity index (χ1v) is 10.6. The predicted molar refractivity (Wildman–Crippen MR) is 112 cm³/mol. The summed E-state index contributed by atoms with van der Waals surface area (Å²) in [5.41, 5.74) is -0.709. The Morgan fingerprint density at radius 2 is 1.45 bits per heavy atom. The van der Waals surface area contributed by atoms with Gasteiger partial charge >= 0.3 is 0 Å². The zero-order chi connectivity index (χ0) is 23.1. The first kappa shape index (κ1) is 23.2. The lowest BCUT2D eigenvalue weighted by Crippen LogP contribution is -2.60. The fourth-order valence-electron chi connectivity index (χ4n) is 4.21. The highest BCUT2D eigenvalue weighted by Crippen LogP contribution is 2.43. The minimum Gasteiger partial charge on any atom is -0.354 e. The van der Waals surface area contributed by atoms with Gasteiger partial charge in [0.05, 0.1) is 0 Å². The molecule has 1 fully saturated rings. The van der Waals surface area contributed by atoms with Crippen LogP contribution in [0.25, 0.3) is 11.1 Å². The molecule has 3 nitrogen and oxygen atoms in total. The topological polar surface area (TPSA) is 43.4 Å². The molecule has 0 saturated carbocycles. The lowest BCUT2D eigenvalue weighted by Gasteiger charge is -2.45. The van der Waals surface area contributed by atoms with Gasteiger partial charge in [0, 0.05) is 5.56 Å². The molecular weight excluding hydrogens is 405 g/mol. The molecule has 0 spiro atoms. The minimum absolute atomic E-state index is 0.0819. The Morgan fingerprint density at radius 1 is 0.871 bits per heavy atom. The van der Waals surface area contributed by atoms with E-state index in [-0.39, 0.29) is 17.1 Å². The van der Waals surface area contributed by atoms with E-state index in [1.165, 1.54) is 12.1 Å². The fraction of sp³-hybridized carbons (Fsp3) is 0.440. The predicted octanol–water partition coefficient (Wildman–Crippen LogP) is 5.92. The smallest absolute Gasteiger partial charge is 0.195 e. The van der Waals surface area contributed by atoms with Crippen LogP contribution in [0.3, 0.4) is 0 Å². The highest BCUT2D eigenvalue weighted by Gasteiger charge is 2.55. The van der Waals surface area contributed by atoms with Crippen LogP contribution in [0.4, 0.5) is 13.2 Å². The highest BCUT2D eigenvalue weighted by molar-refractivity contribution is 6.15. The monoisotopic (exact) mass is 432 g/mol. The molecule has 0 aromatic heterocycles. The number of Topliss-reactive ketones (excluding diaryl/α,β-unsaturated/α-hetero) is 2. The quantitative estimate of drug-likeness (QED) is 0.435. The van der Waals surface area contributed by atoms with E-state index in [9.17, 15) is 22.8 Å². The number of hydrogen-bond acceptors (Lipinski definition) is 3. The maximum Gasteiger partial charge on any atom is 0.195 e. The zero-order valence-corrected chi connectivity index (χ0v) is 18.4. The molecular formula is C25H27F3O3. The van der Waals surface area contributed by atoms with Crippen molar-refractivity contribution in [3.63, 3.8) is 0 Å². The Labute approximate surface area is 180 Å². The van der Waals surface area contributed by atoms with E-state index in [0.717, 1.165) is 6.07 Å². The van der Waals surface area contributed by atoms with Gasteiger partial charge in [-0.1, -0.05) is 39.0 Å². The molecule has 0 radical (unpaired) electrons. The summed E-state index contributed by atoms with van der Waals surface area (Å²) in [6.45, 7) is 8.96. The SMILES string of the molecule is CCc1cc(-c2ccc(F)c(F)c2F)ccc1C1C(=O)C(C)(CC)OC(C)(CC)C1=O. The molecule has 2 aromatic rings. The molecule has 166 valence electrons. The summed E-state index contributed by atoms with van der Waals surface area (Å²) >= 11 is 0. The van der Waals surface area contributed by atoms with Crippen LogP contribution in [0.1, 0.15) is 64.5 Å². The van der Waals surface area contributed by atoms with Crippen LogP contribution in [0.2, 0.25) is 0 Å². The maximum absolute atomic E-state index is 14.3. The second kappa shape index (κ2) is 8.23. The molecule has 6 heteroatoms. The number of hydrogen-bond donors (Lipinski definition) is 0. The normalized spacial score (nSPS) is 26.4. The molecule has 0 aliphatic carbocycles. The lowest BCUT2D eigenvalue weighted by molar-refractivity contribution is -0.192. The van der Waals surface area contributed by atoms with E-state index in [1.54, 1.807) is 26.0 Å². The Morgan fingerprint density at radius 3 is 1.97 bits per heavy atom. The average Bonchev–Trinajstić information content (AvgIpc) is 2.76. The summed E-state index contributed by atoms with van der Waals surface area (Å²) < 4.78 is 47.4. The molecule has 2 unspecified atom stereocenters. The largest absolute Gasteiger partial charge is 0.354 e. The molecule has 2 aromatic carbocycles. The van der Waals surface area contributed by atoms with Crippen LogP contribution in [0.15, 0.2) is 30.3 Å². The second-order valence-electron chi connectivity index (χ2n) is 8.42. The van der Waals surface area contributed by atoms with Gasteiger partial charge in [0.2, 0.25) is 0 Å². The third-order valence-electron chi connectivity index (χ3n) is 6.55. The Kier molecular flexibility index (Phi) is 6.16. The fourth-order valence-corrected chi connectivity index (χ4v) is 4.21. The van der Waals surface area contributed by atoms with Crippen molar-refractivity contribution in [2.24, 2.45) is 0 Å². The van der Waals surface area contributed by atoms with Crippen molar-refractivity contribution >= 4 is 11.6 Å². The van der Waals surface area contributed by atoms with Gasteiger partial charge in [-0.25, -0.2) is 13.2 Å². The molecule has 0 N–H and O–H groups in total. The van der Waals surface area contributed by atoms with Gasteiger partial charge in [-0.05, 0) is 61.9 Å². The molecule has 2 atom stereocenters. The van der Waals surface area contributed by atoms with Crippen molar-refractivity contribution in [1.82, 2.24) is 0 Å². The van der Waals surface area contributed by atoms with Crippen LogP contribution in [-0.4, -0.2) is 22.8 Å². The average molecular weight is 432 g/mol. The molecule has 3 rings (SSSR count). The Bertz CT molecular complexity index is 1020. The van der Waals surface area contributed by atoms with Crippen molar-refractivity contribution in [2.75, 3.05) is 0 Å². The first-order valence-electron chi connectivity index (χ1n) is 10.6. The zero-order valence-electron chi connectivity index (χ0n) is 18.4. The summed E-state index contributed by atoms with van der Waals surface area (Å²) in [7, 11) is 0.